The molecule has 0 spiro atoms. The highest BCUT2D eigenvalue weighted by Gasteiger charge is 2.17. The summed E-state index contributed by atoms with van der Waals surface area (Å²) < 4.78 is 8.05. The lowest BCUT2D eigenvalue weighted by atomic mass is 10.1. The molecule has 0 bridgehead atoms. The number of benzene rings is 1. The van der Waals surface area contributed by atoms with E-state index in [1.54, 1.807) is 29.9 Å². The van der Waals surface area contributed by atoms with Crippen LogP contribution >= 0.6 is 46.9 Å². The SMILES string of the molecule is Cc1nc(COC(Cn2ccnc2)c2ccc(Cl)cc2Cl)cs1.Cl. The van der Waals surface area contributed by atoms with Crippen LogP contribution in [0.3, 0.4) is 0 Å². The summed E-state index contributed by atoms with van der Waals surface area (Å²) in [7, 11) is 0. The van der Waals surface area contributed by atoms with E-state index < -0.39 is 0 Å². The molecule has 4 nitrogen and oxygen atoms in total. The van der Waals surface area contributed by atoms with Crippen LogP contribution in [0.4, 0.5) is 0 Å². The molecule has 0 aliphatic carbocycles. The van der Waals surface area contributed by atoms with Gasteiger partial charge in [-0.3, -0.25) is 0 Å². The molecular formula is C16H16Cl3N3OS. The average molecular weight is 405 g/mol. The second-order valence-electron chi connectivity index (χ2n) is 5.08. The highest BCUT2D eigenvalue weighted by atomic mass is 35.5. The minimum absolute atomic E-state index is 0. The first-order valence-corrected chi connectivity index (χ1v) is 8.68. The molecule has 1 unspecified atom stereocenters. The first-order chi connectivity index (χ1) is 11.1. The van der Waals surface area contributed by atoms with Gasteiger partial charge in [0.15, 0.2) is 0 Å². The molecule has 0 amide bonds. The minimum atomic E-state index is -0.212. The Kier molecular flexibility index (Phi) is 7.07. The Hall–Kier alpha value is -1.11. The van der Waals surface area contributed by atoms with Crippen molar-refractivity contribution in [1.29, 1.82) is 0 Å². The summed E-state index contributed by atoms with van der Waals surface area (Å²) in [5.41, 5.74) is 1.82. The van der Waals surface area contributed by atoms with Crippen LogP contribution in [-0.2, 0) is 17.9 Å². The second-order valence-corrected chi connectivity index (χ2v) is 6.99. The van der Waals surface area contributed by atoms with E-state index in [1.807, 2.05) is 35.2 Å². The van der Waals surface area contributed by atoms with Crippen LogP contribution in [-0.4, -0.2) is 14.5 Å². The van der Waals surface area contributed by atoms with Gasteiger partial charge in [0.2, 0.25) is 0 Å². The molecule has 2 aromatic heterocycles. The van der Waals surface area contributed by atoms with Crippen molar-refractivity contribution >= 4 is 46.9 Å². The fourth-order valence-electron chi connectivity index (χ4n) is 2.25. The molecule has 0 N–H and O–H groups in total. The summed E-state index contributed by atoms with van der Waals surface area (Å²) >= 11 is 14.0. The number of hydrogen-bond donors (Lipinski definition) is 0. The van der Waals surface area contributed by atoms with Crippen LogP contribution in [0.1, 0.15) is 22.4 Å². The standard InChI is InChI=1S/C16H15Cl2N3OS.ClH/c1-11-20-13(9-23-11)8-22-16(7-21-5-4-19-10-21)14-3-2-12(17)6-15(14)18;/h2-6,9-10,16H,7-8H2,1H3;1H. The van der Waals surface area contributed by atoms with Gasteiger partial charge in [0.05, 0.1) is 30.2 Å². The first-order valence-electron chi connectivity index (χ1n) is 7.05. The number of aromatic nitrogens is 3. The van der Waals surface area contributed by atoms with Crippen molar-refractivity contribution in [2.24, 2.45) is 0 Å². The van der Waals surface area contributed by atoms with Crippen LogP contribution in [0.2, 0.25) is 10.0 Å². The van der Waals surface area contributed by atoms with E-state index in [0.29, 0.717) is 23.2 Å². The zero-order valence-electron chi connectivity index (χ0n) is 12.9. The quantitative estimate of drug-likeness (QED) is 0.557. The van der Waals surface area contributed by atoms with E-state index in [4.69, 9.17) is 27.9 Å². The van der Waals surface area contributed by atoms with E-state index in [1.165, 1.54) is 0 Å². The zero-order valence-corrected chi connectivity index (χ0v) is 16.0. The maximum Gasteiger partial charge on any atom is 0.102 e. The van der Waals surface area contributed by atoms with Gasteiger partial charge in [-0.25, -0.2) is 9.97 Å². The van der Waals surface area contributed by atoms with Crippen molar-refractivity contribution in [3.05, 3.63) is 68.6 Å². The summed E-state index contributed by atoms with van der Waals surface area (Å²) in [4.78, 5) is 8.50. The Morgan fingerprint density at radius 3 is 2.79 bits per heavy atom. The lowest BCUT2D eigenvalue weighted by Crippen LogP contribution is -2.12. The third-order valence-electron chi connectivity index (χ3n) is 3.34. The van der Waals surface area contributed by atoms with Crippen LogP contribution in [0.5, 0.6) is 0 Å². The molecule has 0 radical (unpaired) electrons. The summed E-state index contributed by atoms with van der Waals surface area (Å²) in [6.45, 7) is 3.03. The maximum absolute atomic E-state index is 6.35. The number of rotatable bonds is 6. The van der Waals surface area contributed by atoms with Crippen LogP contribution in [0, 0.1) is 6.92 Å². The Labute approximate surface area is 160 Å². The number of nitrogens with zero attached hydrogens (tertiary/aromatic N) is 3. The Morgan fingerprint density at radius 1 is 1.33 bits per heavy atom. The van der Waals surface area contributed by atoms with Gasteiger partial charge in [0.1, 0.15) is 6.10 Å². The highest BCUT2D eigenvalue weighted by molar-refractivity contribution is 7.09. The second kappa shape index (κ2) is 8.83. The monoisotopic (exact) mass is 403 g/mol. The van der Waals surface area contributed by atoms with E-state index in [-0.39, 0.29) is 18.5 Å². The van der Waals surface area contributed by atoms with Crippen molar-refractivity contribution in [2.75, 3.05) is 0 Å². The minimum Gasteiger partial charge on any atom is -0.365 e. The summed E-state index contributed by atoms with van der Waals surface area (Å²) in [5, 5.41) is 4.24. The van der Waals surface area contributed by atoms with Gasteiger partial charge < -0.3 is 9.30 Å². The molecule has 0 fully saturated rings. The molecule has 1 aromatic carbocycles. The van der Waals surface area contributed by atoms with E-state index in [2.05, 4.69) is 9.97 Å². The third kappa shape index (κ3) is 4.94. The van der Waals surface area contributed by atoms with Gasteiger partial charge in [0.25, 0.3) is 0 Å². The van der Waals surface area contributed by atoms with Crippen molar-refractivity contribution in [1.82, 2.24) is 14.5 Å². The molecule has 2 heterocycles. The lowest BCUT2D eigenvalue weighted by Gasteiger charge is -2.20. The topological polar surface area (TPSA) is 39.9 Å². The van der Waals surface area contributed by atoms with Gasteiger partial charge in [-0.2, -0.15) is 0 Å². The molecule has 0 aliphatic rings. The molecule has 3 aromatic rings. The van der Waals surface area contributed by atoms with Crippen LogP contribution in [0.25, 0.3) is 0 Å². The largest absolute Gasteiger partial charge is 0.365 e. The fourth-order valence-corrected chi connectivity index (χ4v) is 3.38. The summed E-state index contributed by atoms with van der Waals surface area (Å²) in [6, 6.07) is 5.45. The van der Waals surface area contributed by atoms with Crippen molar-refractivity contribution < 1.29 is 4.74 Å². The zero-order chi connectivity index (χ0) is 16.2. The van der Waals surface area contributed by atoms with Crippen molar-refractivity contribution in [3.63, 3.8) is 0 Å². The molecule has 0 saturated heterocycles. The van der Waals surface area contributed by atoms with E-state index in [0.717, 1.165) is 16.3 Å². The fraction of sp³-hybridized carbons (Fsp3) is 0.250. The average Bonchev–Trinajstić information content (AvgIpc) is 3.15. The van der Waals surface area contributed by atoms with E-state index in [9.17, 15) is 0 Å². The van der Waals surface area contributed by atoms with Gasteiger partial charge in [0, 0.05) is 33.4 Å². The number of aryl methyl sites for hydroxylation is 1. The number of imidazole rings is 1. The molecule has 3 rings (SSSR count). The normalized spacial score (nSPS) is 12.0. The highest BCUT2D eigenvalue weighted by Crippen LogP contribution is 2.30. The van der Waals surface area contributed by atoms with Gasteiger partial charge >= 0.3 is 0 Å². The number of thiazole rings is 1. The number of hydrogen-bond acceptors (Lipinski definition) is 4. The van der Waals surface area contributed by atoms with Crippen molar-refractivity contribution in [2.45, 2.75) is 26.2 Å². The van der Waals surface area contributed by atoms with Crippen molar-refractivity contribution in [3.8, 4) is 0 Å². The van der Waals surface area contributed by atoms with E-state index >= 15 is 0 Å². The predicted octanol–water partition coefficient (Wildman–Crippen LogP) is 5.33. The first kappa shape index (κ1) is 19.2. The molecule has 8 heteroatoms. The molecule has 128 valence electrons. The maximum atomic E-state index is 6.35. The number of halogens is 3. The predicted molar refractivity (Wildman–Crippen MR) is 100 cm³/mol. The Bertz CT molecular complexity index is 777. The molecular weight excluding hydrogens is 389 g/mol. The lowest BCUT2D eigenvalue weighted by molar-refractivity contribution is 0.0265. The molecule has 0 saturated carbocycles. The number of ether oxygens (including phenoxy) is 1. The van der Waals surface area contributed by atoms with Crippen LogP contribution < -0.4 is 0 Å². The van der Waals surface area contributed by atoms with Gasteiger partial charge in [-0.05, 0) is 19.1 Å². The Morgan fingerprint density at radius 2 is 2.17 bits per heavy atom. The molecule has 24 heavy (non-hydrogen) atoms. The molecule has 1 atom stereocenters. The molecule has 0 aliphatic heterocycles. The summed E-state index contributed by atoms with van der Waals surface area (Å²) in [5.74, 6) is 0. The third-order valence-corrected chi connectivity index (χ3v) is 4.73. The van der Waals surface area contributed by atoms with Crippen LogP contribution in [0.15, 0.2) is 42.3 Å². The smallest absolute Gasteiger partial charge is 0.102 e. The van der Waals surface area contributed by atoms with Gasteiger partial charge in [-0.15, -0.1) is 23.7 Å². The Balaban J connectivity index is 0.00000208. The summed E-state index contributed by atoms with van der Waals surface area (Å²) in [6.07, 6.45) is 5.18. The van der Waals surface area contributed by atoms with Gasteiger partial charge in [-0.1, -0.05) is 29.3 Å².